The van der Waals surface area contributed by atoms with Gasteiger partial charge in [-0.2, -0.15) is 8.42 Å². The average molecular weight is 416 g/mol. The van der Waals surface area contributed by atoms with E-state index in [-0.39, 0.29) is 10.8 Å². The molecule has 7 nitrogen and oxygen atoms in total. The molecule has 1 heterocycles. The van der Waals surface area contributed by atoms with Crippen LogP contribution in [0.5, 0.6) is 5.75 Å². The first-order chi connectivity index (χ1) is 13.7. The lowest BCUT2D eigenvalue weighted by Gasteiger charge is -2.15. The Morgan fingerprint density at radius 3 is 2.38 bits per heavy atom. The number of anilines is 1. The molecular weight excluding hydrogens is 390 g/mol. The van der Waals surface area contributed by atoms with Gasteiger partial charge in [0.05, 0.1) is 4.90 Å². The molecule has 0 radical (unpaired) electrons. The maximum Gasteiger partial charge on any atom is 0.283 e. The van der Waals surface area contributed by atoms with Crippen LogP contribution in [-0.4, -0.2) is 44.8 Å². The molecule has 0 aromatic heterocycles. The van der Waals surface area contributed by atoms with Gasteiger partial charge in [0, 0.05) is 25.7 Å². The van der Waals surface area contributed by atoms with E-state index in [1.807, 2.05) is 43.1 Å². The van der Waals surface area contributed by atoms with Crippen LogP contribution < -0.4 is 10.1 Å². The molecule has 29 heavy (non-hydrogen) atoms. The molecule has 2 aromatic carbocycles. The van der Waals surface area contributed by atoms with Crippen molar-refractivity contribution in [2.45, 2.75) is 37.7 Å². The molecule has 0 aliphatic carbocycles. The van der Waals surface area contributed by atoms with E-state index in [0.717, 1.165) is 18.5 Å². The Balaban J connectivity index is 1.63. The summed E-state index contributed by atoms with van der Waals surface area (Å²) in [5.74, 6) is 0.856. The van der Waals surface area contributed by atoms with Gasteiger partial charge in [0.2, 0.25) is 0 Å². The van der Waals surface area contributed by atoms with E-state index in [1.165, 1.54) is 12.1 Å². The van der Waals surface area contributed by atoms with Crippen molar-refractivity contribution in [1.29, 1.82) is 0 Å². The summed E-state index contributed by atoms with van der Waals surface area (Å²) in [6.07, 6.45) is 0.854. The SMILES string of the molecule is Cc1ccc(OC(C)C(=O)Nc2ccc(S(=O)(=O)/N=C3\CCCN3C)cc2)cc1. The molecule has 8 heteroatoms. The largest absolute Gasteiger partial charge is 0.481 e. The number of rotatable bonds is 6. The van der Waals surface area contributed by atoms with Crippen molar-refractivity contribution in [3.8, 4) is 5.75 Å². The van der Waals surface area contributed by atoms with Gasteiger partial charge in [-0.25, -0.2) is 0 Å². The Hall–Kier alpha value is -2.87. The summed E-state index contributed by atoms with van der Waals surface area (Å²) in [4.78, 5) is 14.3. The van der Waals surface area contributed by atoms with Gasteiger partial charge in [-0.15, -0.1) is 4.40 Å². The molecule has 1 aliphatic heterocycles. The third-order valence-electron chi connectivity index (χ3n) is 4.68. The van der Waals surface area contributed by atoms with Gasteiger partial charge < -0.3 is 15.0 Å². The highest BCUT2D eigenvalue weighted by Gasteiger charge is 2.20. The summed E-state index contributed by atoms with van der Waals surface area (Å²) in [7, 11) is -1.94. The Kier molecular flexibility index (Phi) is 6.22. The van der Waals surface area contributed by atoms with Crippen molar-refractivity contribution in [2.75, 3.05) is 18.9 Å². The van der Waals surface area contributed by atoms with Crippen molar-refractivity contribution in [3.05, 3.63) is 54.1 Å². The average Bonchev–Trinajstić information content (AvgIpc) is 3.08. The molecule has 3 rings (SSSR count). The fourth-order valence-corrected chi connectivity index (χ4v) is 4.02. The number of aryl methyl sites for hydroxylation is 1. The minimum atomic E-state index is -3.77. The molecule has 0 bridgehead atoms. The molecular formula is C21H25N3O4S. The molecule has 1 amide bonds. The van der Waals surface area contributed by atoms with Crippen LogP contribution in [0, 0.1) is 6.92 Å². The standard InChI is InChI=1S/C21H25N3O4S/c1-15-6-10-18(11-7-15)28-16(2)21(25)22-17-8-12-19(13-9-17)29(26,27)23-20-5-4-14-24(20)3/h6-13,16H,4-5,14H2,1-3H3,(H,22,25)/b23-20+. The number of nitrogens with one attached hydrogen (secondary N) is 1. The Morgan fingerprint density at radius 1 is 1.14 bits per heavy atom. The Morgan fingerprint density at radius 2 is 1.79 bits per heavy atom. The number of ether oxygens (including phenoxy) is 1. The van der Waals surface area contributed by atoms with Crippen LogP contribution in [0.3, 0.4) is 0 Å². The van der Waals surface area contributed by atoms with Crippen molar-refractivity contribution < 1.29 is 17.9 Å². The van der Waals surface area contributed by atoms with Gasteiger partial charge in [0.15, 0.2) is 6.10 Å². The number of hydrogen-bond acceptors (Lipinski definition) is 4. The molecule has 2 aromatic rings. The fraction of sp³-hybridized carbons (Fsp3) is 0.333. The van der Waals surface area contributed by atoms with Crippen LogP contribution in [0.4, 0.5) is 5.69 Å². The molecule has 1 aliphatic rings. The Labute approximate surface area is 171 Å². The van der Waals surface area contributed by atoms with Crippen LogP contribution in [0.1, 0.15) is 25.3 Å². The maximum atomic E-state index is 12.5. The van der Waals surface area contributed by atoms with Crippen LogP contribution in [0.2, 0.25) is 0 Å². The van der Waals surface area contributed by atoms with Crippen molar-refractivity contribution in [1.82, 2.24) is 4.90 Å². The summed E-state index contributed by atoms with van der Waals surface area (Å²) in [6.45, 7) is 4.44. The lowest BCUT2D eigenvalue weighted by atomic mass is 10.2. The zero-order valence-corrected chi connectivity index (χ0v) is 17.6. The van der Waals surface area contributed by atoms with Gasteiger partial charge >= 0.3 is 0 Å². The molecule has 1 atom stereocenters. The molecule has 1 unspecified atom stereocenters. The fourth-order valence-electron chi connectivity index (χ4n) is 2.93. The van der Waals surface area contributed by atoms with E-state index in [0.29, 0.717) is 23.7 Å². The summed E-state index contributed by atoms with van der Waals surface area (Å²) in [5, 5.41) is 2.73. The predicted octanol–water partition coefficient (Wildman–Crippen LogP) is 3.21. The molecule has 1 N–H and O–H groups in total. The van der Waals surface area contributed by atoms with Crippen LogP contribution in [0.25, 0.3) is 0 Å². The highest BCUT2D eigenvalue weighted by Crippen LogP contribution is 2.20. The van der Waals surface area contributed by atoms with E-state index in [4.69, 9.17) is 4.74 Å². The normalized spacial score (nSPS) is 16.7. The van der Waals surface area contributed by atoms with E-state index >= 15 is 0 Å². The van der Waals surface area contributed by atoms with Gasteiger partial charge in [0.1, 0.15) is 11.6 Å². The third kappa shape index (κ3) is 5.35. The van der Waals surface area contributed by atoms with Gasteiger partial charge in [-0.05, 0) is 56.7 Å². The highest BCUT2D eigenvalue weighted by atomic mass is 32.2. The van der Waals surface area contributed by atoms with Crippen molar-refractivity contribution >= 4 is 27.5 Å². The monoisotopic (exact) mass is 415 g/mol. The summed E-state index contributed by atoms with van der Waals surface area (Å²) in [5.41, 5.74) is 1.59. The maximum absolute atomic E-state index is 12.5. The first kappa shape index (κ1) is 20.9. The number of sulfonamides is 1. The number of amidine groups is 1. The molecule has 1 fully saturated rings. The minimum absolute atomic E-state index is 0.0900. The quantitative estimate of drug-likeness (QED) is 0.783. The Bertz CT molecular complexity index is 999. The van der Waals surface area contributed by atoms with E-state index < -0.39 is 16.1 Å². The first-order valence-electron chi connectivity index (χ1n) is 9.44. The second-order valence-corrected chi connectivity index (χ2v) is 8.70. The second kappa shape index (κ2) is 8.65. The topological polar surface area (TPSA) is 88.1 Å². The van der Waals surface area contributed by atoms with Gasteiger partial charge in [0.25, 0.3) is 15.9 Å². The predicted molar refractivity (Wildman–Crippen MR) is 113 cm³/mol. The highest BCUT2D eigenvalue weighted by molar-refractivity contribution is 7.90. The van der Waals surface area contributed by atoms with E-state index in [9.17, 15) is 13.2 Å². The zero-order chi connectivity index (χ0) is 21.0. The smallest absolute Gasteiger partial charge is 0.283 e. The molecule has 1 saturated heterocycles. The summed E-state index contributed by atoms with van der Waals surface area (Å²) in [6, 6.07) is 13.4. The zero-order valence-electron chi connectivity index (χ0n) is 16.8. The third-order valence-corrected chi connectivity index (χ3v) is 6.00. The number of nitrogens with zero attached hydrogens (tertiary/aromatic N) is 2. The minimum Gasteiger partial charge on any atom is -0.481 e. The first-order valence-corrected chi connectivity index (χ1v) is 10.9. The lowest BCUT2D eigenvalue weighted by Crippen LogP contribution is -2.30. The second-order valence-electron chi connectivity index (χ2n) is 7.09. The van der Waals surface area contributed by atoms with Crippen LogP contribution >= 0.6 is 0 Å². The number of likely N-dealkylation sites (tertiary alicyclic amines) is 1. The number of hydrogen-bond donors (Lipinski definition) is 1. The number of carbonyl (C=O) groups is 1. The number of benzene rings is 2. The molecule has 154 valence electrons. The number of carbonyl (C=O) groups excluding carboxylic acids is 1. The lowest BCUT2D eigenvalue weighted by molar-refractivity contribution is -0.122. The summed E-state index contributed by atoms with van der Waals surface area (Å²) < 4.78 is 34.5. The van der Waals surface area contributed by atoms with Crippen molar-refractivity contribution in [3.63, 3.8) is 0 Å². The van der Waals surface area contributed by atoms with Crippen LogP contribution in [0.15, 0.2) is 57.8 Å². The van der Waals surface area contributed by atoms with Crippen LogP contribution in [-0.2, 0) is 14.8 Å². The number of amides is 1. The van der Waals surface area contributed by atoms with E-state index in [2.05, 4.69) is 9.71 Å². The van der Waals surface area contributed by atoms with Crippen molar-refractivity contribution in [2.24, 2.45) is 4.40 Å². The van der Waals surface area contributed by atoms with Gasteiger partial charge in [-0.3, -0.25) is 4.79 Å². The van der Waals surface area contributed by atoms with E-state index in [1.54, 1.807) is 19.1 Å². The summed E-state index contributed by atoms with van der Waals surface area (Å²) >= 11 is 0. The molecule has 0 spiro atoms. The molecule has 0 saturated carbocycles. The van der Waals surface area contributed by atoms with Gasteiger partial charge in [-0.1, -0.05) is 17.7 Å².